The summed E-state index contributed by atoms with van der Waals surface area (Å²) < 4.78 is 0. The van der Waals surface area contributed by atoms with Gasteiger partial charge in [0.1, 0.15) is 0 Å². The average molecular weight is 373 g/mol. The Bertz CT molecular complexity index is 665. The molecule has 0 aliphatic heterocycles. The van der Waals surface area contributed by atoms with E-state index in [1.165, 1.54) is 37.7 Å². The van der Waals surface area contributed by atoms with E-state index in [-0.39, 0.29) is 5.41 Å². The van der Waals surface area contributed by atoms with Crippen LogP contribution < -0.4 is 0 Å². The standard InChI is InChI=1S/C24H36O3/c1-15(4-9-22(26)27)19-7-8-20-18-6-5-16-14-17(25)10-12-23(16,2)21(18)11-13-24(19,20)3/h14-15,18-21H,4-13H2,1-3H3,(H,26,27)/t15-,18+,19?,20+,21+,23+,24-/m1/s1. The monoisotopic (exact) mass is 372 g/mol. The maximum atomic E-state index is 12.0. The van der Waals surface area contributed by atoms with Gasteiger partial charge in [0.2, 0.25) is 0 Å². The highest BCUT2D eigenvalue weighted by atomic mass is 16.4. The molecule has 0 radical (unpaired) electrons. The van der Waals surface area contributed by atoms with Crippen LogP contribution >= 0.6 is 0 Å². The lowest BCUT2D eigenvalue weighted by atomic mass is 9.46. The Hall–Kier alpha value is -1.12. The van der Waals surface area contributed by atoms with Crippen molar-refractivity contribution in [3.63, 3.8) is 0 Å². The van der Waals surface area contributed by atoms with Crippen molar-refractivity contribution in [3.05, 3.63) is 11.6 Å². The van der Waals surface area contributed by atoms with E-state index in [9.17, 15) is 9.59 Å². The lowest BCUT2D eigenvalue weighted by Crippen LogP contribution is -2.51. The van der Waals surface area contributed by atoms with Gasteiger partial charge in [-0.3, -0.25) is 9.59 Å². The molecule has 0 heterocycles. The summed E-state index contributed by atoms with van der Waals surface area (Å²) in [4.78, 5) is 23.0. The Morgan fingerprint density at radius 1 is 1.15 bits per heavy atom. The van der Waals surface area contributed by atoms with Crippen LogP contribution in [0.4, 0.5) is 0 Å². The quantitative estimate of drug-likeness (QED) is 0.695. The molecule has 3 heteroatoms. The number of carboxylic acids is 1. The smallest absolute Gasteiger partial charge is 0.303 e. The highest BCUT2D eigenvalue weighted by molar-refractivity contribution is 5.91. The van der Waals surface area contributed by atoms with Gasteiger partial charge in [0.25, 0.3) is 0 Å². The van der Waals surface area contributed by atoms with Gasteiger partial charge in [0.05, 0.1) is 0 Å². The third-order valence-electron chi connectivity index (χ3n) is 9.54. The number of hydrogen-bond acceptors (Lipinski definition) is 2. The van der Waals surface area contributed by atoms with Gasteiger partial charge in [-0.05, 0) is 97.9 Å². The number of aliphatic carboxylic acids is 1. The molecule has 7 atom stereocenters. The van der Waals surface area contributed by atoms with Crippen molar-refractivity contribution in [3.8, 4) is 0 Å². The van der Waals surface area contributed by atoms with Crippen molar-refractivity contribution in [1.29, 1.82) is 0 Å². The minimum absolute atomic E-state index is 0.255. The van der Waals surface area contributed by atoms with Crippen LogP contribution in [0, 0.1) is 40.4 Å². The summed E-state index contributed by atoms with van der Waals surface area (Å²) in [6, 6.07) is 0. The van der Waals surface area contributed by atoms with Gasteiger partial charge in [-0.15, -0.1) is 0 Å². The summed E-state index contributed by atoms with van der Waals surface area (Å²) in [5.74, 6) is 3.22. The number of carbonyl (C=O) groups excluding carboxylic acids is 1. The number of fused-ring (bicyclic) bond motifs is 5. The van der Waals surface area contributed by atoms with Gasteiger partial charge in [-0.2, -0.15) is 0 Å². The highest BCUT2D eigenvalue weighted by Crippen LogP contribution is 2.67. The Morgan fingerprint density at radius 2 is 1.93 bits per heavy atom. The van der Waals surface area contributed by atoms with Crippen molar-refractivity contribution < 1.29 is 14.7 Å². The Labute approximate surface area is 164 Å². The van der Waals surface area contributed by atoms with Crippen LogP contribution in [0.3, 0.4) is 0 Å². The first-order chi connectivity index (χ1) is 12.8. The molecule has 0 aromatic heterocycles. The van der Waals surface area contributed by atoms with Gasteiger partial charge in [-0.25, -0.2) is 0 Å². The summed E-state index contributed by atoms with van der Waals surface area (Å²) in [5, 5.41) is 9.08. The van der Waals surface area contributed by atoms with Crippen molar-refractivity contribution in [1.82, 2.24) is 0 Å². The summed E-state index contributed by atoms with van der Waals surface area (Å²) in [6.07, 6.45) is 12.5. The molecule has 3 nitrogen and oxygen atoms in total. The zero-order valence-corrected chi connectivity index (χ0v) is 17.3. The summed E-state index contributed by atoms with van der Waals surface area (Å²) in [7, 11) is 0. The molecule has 4 aliphatic rings. The molecule has 3 fully saturated rings. The molecule has 0 amide bonds. The first kappa shape index (κ1) is 19.2. The van der Waals surface area contributed by atoms with E-state index in [0.29, 0.717) is 29.5 Å². The van der Waals surface area contributed by atoms with Crippen LogP contribution in [0.25, 0.3) is 0 Å². The molecular formula is C24H36O3. The summed E-state index contributed by atoms with van der Waals surface area (Å²) >= 11 is 0. The number of hydrogen-bond donors (Lipinski definition) is 1. The topological polar surface area (TPSA) is 54.4 Å². The van der Waals surface area contributed by atoms with Crippen LogP contribution in [0.2, 0.25) is 0 Å². The average Bonchev–Trinajstić information content (AvgIpc) is 2.97. The Morgan fingerprint density at radius 3 is 2.67 bits per heavy atom. The second kappa shape index (κ2) is 6.74. The zero-order valence-electron chi connectivity index (χ0n) is 17.3. The molecule has 150 valence electrons. The molecular weight excluding hydrogens is 336 g/mol. The van der Waals surface area contributed by atoms with Crippen molar-refractivity contribution in [2.75, 3.05) is 0 Å². The first-order valence-corrected chi connectivity index (χ1v) is 11.2. The predicted molar refractivity (Wildman–Crippen MR) is 106 cm³/mol. The zero-order chi connectivity index (χ0) is 19.4. The van der Waals surface area contributed by atoms with Gasteiger partial charge in [0.15, 0.2) is 5.78 Å². The maximum absolute atomic E-state index is 12.0. The molecule has 0 saturated heterocycles. The molecule has 1 unspecified atom stereocenters. The Kier molecular flexibility index (Phi) is 4.79. The number of carboxylic acid groups (broad SMARTS) is 1. The lowest BCUT2D eigenvalue weighted by molar-refractivity contribution is -0.137. The molecule has 4 aliphatic carbocycles. The van der Waals surface area contributed by atoms with E-state index in [1.807, 2.05) is 6.08 Å². The highest BCUT2D eigenvalue weighted by Gasteiger charge is 2.59. The minimum Gasteiger partial charge on any atom is -0.481 e. The molecule has 0 spiro atoms. The molecule has 0 aromatic carbocycles. The summed E-state index contributed by atoms with van der Waals surface area (Å²) in [6.45, 7) is 7.27. The normalized spacial score (nSPS) is 44.7. The molecule has 3 saturated carbocycles. The van der Waals surface area contributed by atoms with Crippen molar-refractivity contribution in [2.24, 2.45) is 40.4 Å². The van der Waals surface area contributed by atoms with Gasteiger partial charge >= 0.3 is 5.97 Å². The molecule has 0 bridgehead atoms. The minimum atomic E-state index is -0.656. The largest absolute Gasteiger partial charge is 0.481 e. The van der Waals surface area contributed by atoms with E-state index in [1.54, 1.807) is 0 Å². The third kappa shape index (κ3) is 3.00. The van der Waals surface area contributed by atoms with Gasteiger partial charge < -0.3 is 5.11 Å². The van der Waals surface area contributed by atoms with E-state index in [0.717, 1.165) is 43.4 Å². The third-order valence-corrected chi connectivity index (χ3v) is 9.54. The second-order valence-electron chi connectivity index (χ2n) is 10.6. The number of allylic oxidation sites excluding steroid dienone is 1. The number of rotatable bonds is 4. The first-order valence-electron chi connectivity index (χ1n) is 11.2. The van der Waals surface area contributed by atoms with E-state index in [4.69, 9.17) is 5.11 Å². The SMILES string of the molecule is C[C@H](CCC(=O)O)C1CC[C@H]2[C@@H]3CCC4=CC(=O)CC[C@]4(C)[C@H]3CC[C@]12C. The fourth-order valence-corrected chi connectivity index (χ4v) is 8.09. The second-order valence-corrected chi connectivity index (χ2v) is 10.6. The van der Waals surface area contributed by atoms with Crippen LogP contribution in [-0.2, 0) is 9.59 Å². The maximum Gasteiger partial charge on any atom is 0.303 e. The van der Waals surface area contributed by atoms with Crippen molar-refractivity contribution >= 4 is 11.8 Å². The number of carbonyl (C=O) groups is 2. The van der Waals surface area contributed by atoms with Gasteiger partial charge in [0, 0.05) is 12.8 Å². The van der Waals surface area contributed by atoms with Crippen molar-refractivity contribution in [2.45, 2.75) is 85.0 Å². The van der Waals surface area contributed by atoms with Gasteiger partial charge in [-0.1, -0.05) is 26.3 Å². The van der Waals surface area contributed by atoms with Crippen LogP contribution in [0.5, 0.6) is 0 Å². The molecule has 27 heavy (non-hydrogen) atoms. The summed E-state index contributed by atoms with van der Waals surface area (Å²) in [5.41, 5.74) is 2.10. The Balaban J connectivity index is 1.55. The van der Waals surface area contributed by atoms with Crippen LogP contribution in [-0.4, -0.2) is 16.9 Å². The van der Waals surface area contributed by atoms with E-state index in [2.05, 4.69) is 20.8 Å². The van der Waals surface area contributed by atoms with Crippen LogP contribution in [0.1, 0.15) is 85.0 Å². The molecule has 4 rings (SSSR count). The molecule has 1 N–H and O–H groups in total. The molecule has 0 aromatic rings. The van der Waals surface area contributed by atoms with Crippen LogP contribution in [0.15, 0.2) is 11.6 Å². The predicted octanol–water partition coefficient (Wildman–Crippen LogP) is 5.64. The lowest BCUT2D eigenvalue weighted by Gasteiger charge is -2.58. The van der Waals surface area contributed by atoms with E-state index >= 15 is 0 Å². The fraction of sp³-hybridized carbons (Fsp3) is 0.833. The fourth-order valence-electron chi connectivity index (χ4n) is 8.09. The number of ketones is 1. The van der Waals surface area contributed by atoms with E-state index < -0.39 is 5.97 Å².